The van der Waals surface area contributed by atoms with Crippen LogP contribution in [-0.2, 0) is 0 Å². The predicted molar refractivity (Wildman–Crippen MR) is 78.2 cm³/mol. The first-order chi connectivity index (χ1) is 9.22. The summed E-state index contributed by atoms with van der Waals surface area (Å²) in [6, 6.07) is 3.51. The standard InChI is InChI=1S/C15H25NO3/c1-4-5-6-7-8-9-19-13-11-15(18-3)14(17-2)10-12(13)16/h10-11H,4-9,16H2,1-3H3. The smallest absolute Gasteiger partial charge is 0.164 e. The lowest BCUT2D eigenvalue weighted by atomic mass is 10.2. The van der Waals surface area contributed by atoms with Gasteiger partial charge < -0.3 is 19.9 Å². The van der Waals surface area contributed by atoms with Crippen LogP contribution in [0.5, 0.6) is 17.2 Å². The van der Waals surface area contributed by atoms with Gasteiger partial charge in [-0.3, -0.25) is 0 Å². The number of benzene rings is 1. The average Bonchev–Trinajstić information content (AvgIpc) is 2.43. The van der Waals surface area contributed by atoms with Crippen LogP contribution in [0.4, 0.5) is 5.69 Å². The number of rotatable bonds is 9. The van der Waals surface area contributed by atoms with E-state index < -0.39 is 0 Å². The van der Waals surface area contributed by atoms with E-state index >= 15 is 0 Å². The minimum absolute atomic E-state index is 0.575. The molecule has 1 aromatic carbocycles. The number of methoxy groups -OCH3 is 2. The summed E-state index contributed by atoms with van der Waals surface area (Å²) in [4.78, 5) is 0. The van der Waals surface area contributed by atoms with Crippen LogP contribution in [-0.4, -0.2) is 20.8 Å². The van der Waals surface area contributed by atoms with E-state index in [1.165, 1.54) is 25.7 Å². The summed E-state index contributed by atoms with van der Waals surface area (Å²) in [5.41, 5.74) is 6.50. The molecule has 0 fully saturated rings. The molecule has 0 heterocycles. The third kappa shape index (κ3) is 4.89. The van der Waals surface area contributed by atoms with Crippen molar-refractivity contribution in [3.05, 3.63) is 12.1 Å². The van der Waals surface area contributed by atoms with Gasteiger partial charge in [0.15, 0.2) is 11.5 Å². The molecule has 0 aliphatic heterocycles. The molecule has 108 valence electrons. The number of hydrogen-bond acceptors (Lipinski definition) is 4. The highest BCUT2D eigenvalue weighted by atomic mass is 16.5. The Kier molecular flexibility index (Phi) is 6.93. The van der Waals surface area contributed by atoms with Crippen molar-refractivity contribution in [2.75, 3.05) is 26.6 Å². The quantitative estimate of drug-likeness (QED) is 0.548. The summed E-state index contributed by atoms with van der Waals surface area (Å²) in [6.07, 6.45) is 6.05. The molecule has 0 saturated carbocycles. The molecule has 0 radical (unpaired) electrons. The molecule has 2 N–H and O–H groups in total. The van der Waals surface area contributed by atoms with Gasteiger partial charge in [0.1, 0.15) is 5.75 Å². The molecule has 0 saturated heterocycles. The van der Waals surface area contributed by atoms with Crippen molar-refractivity contribution in [3.63, 3.8) is 0 Å². The van der Waals surface area contributed by atoms with Crippen LogP contribution >= 0.6 is 0 Å². The van der Waals surface area contributed by atoms with Crippen molar-refractivity contribution in [1.82, 2.24) is 0 Å². The number of hydrogen-bond donors (Lipinski definition) is 1. The van der Waals surface area contributed by atoms with E-state index in [4.69, 9.17) is 19.9 Å². The van der Waals surface area contributed by atoms with Gasteiger partial charge in [-0.15, -0.1) is 0 Å². The summed E-state index contributed by atoms with van der Waals surface area (Å²) in [5.74, 6) is 1.92. The monoisotopic (exact) mass is 267 g/mol. The van der Waals surface area contributed by atoms with Crippen molar-refractivity contribution < 1.29 is 14.2 Å². The second-order valence-corrected chi connectivity index (χ2v) is 4.51. The molecule has 0 aliphatic carbocycles. The zero-order valence-corrected chi connectivity index (χ0v) is 12.2. The van der Waals surface area contributed by atoms with Gasteiger partial charge in [0, 0.05) is 12.1 Å². The Hall–Kier alpha value is -1.58. The summed E-state index contributed by atoms with van der Waals surface area (Å²) < 4.78 is 16.1. The largest absolute Gasteiger partial charge is 0.493 e. The lowest BCUT2D eigenvalue weighted by molar-refractivity contribution is 0.301. The Balaban J connectivity index is 2.49. The number of nitrogen functional groups attached to an aromatic ring is 1. The fourth-order valence-corrected chi connectivity index (χ4v) is 1.89. The third-order valence-corrected chi connectivity index (χ3v) is 3.02. The molecule has 0 unspecified atom stereocenters. The normalized spacial score (nSPS) is 10.3. The van der Waals surface area contributed by atoms with Gasteiger partial charge in [-0.1, -0.05) is 32.6 Å². The first kappa shape index (κ1) is 15.5. The van der Waals surface area contributed by atoms with E-state index in [0.717, 1.165) is 6.42 Å². The van der Waals surface area contributed by atoms with Gasteiger partial charge in [-0.25, -0.2) is 0 Å². The zero-order valence-electron chi connectivity index (χ0n) is 12.2. The Morgan fingerprint density at radius 3 is 2.16 bits per heavy atom. The highest BCUT2D eigenvalue weighted by molar-refractivity contribution is 5.61. The Bertz CT molecular complexity index is 380. The molecule has 0 aliphatic rings. The molecule has 4 nitrogen and oxygen atoms in total. The fourth-order valence-electron chi connectivity index (χ4n) is 1.89. The average molecular weight is 267 g/mol. The van der Waals surface area contributed by atoms with Gasteiger partial charge in [0.05, 0.1) is 26.5 Å². The minimum Gasteiger partial charge on any atom is -0.493 e. The van der Waals surface area contributed by atoms with E-state index in [1.54, 1.807) is 26.4 Å². The lowest BCUT2D eigenvalue weighted by Crippen LogP contribution is -2.02. The van der Waals surface area contributed by atoms with Crippen LogP contribution < -0.4 is 19.9 Å². The van der Waals surface area contributed by atoms with Crippen LogP contribution in [0.3, 0.4) is 0 Å². The Morgan fingerprint density at radius 1 is 0.895 bits per heavy atom. The Labute approximate surface area is 115 Å². The highest BCUT2D eigenvalue weighted by Gasteiger charge is 2.09. The Morgan fingerprint density at radius 2 is 1.53 bits per heavy atom. The van der Waals surface area contributed by atoms with Gasteiger partial charge in [-0.2, -0.15) is 0 Å². The second kappa shape index (κ2) is 8.51. The van der Waals surface area contributed by atoms with E-state index in [0.29, 0.717) is 29.5 Å². The van der Waals surface area contributed by atoms with Crippen LogP contribution in [0, 0.1) is 0 Å². The molecular weight excluding hydrogens is 242 g/mol. The zero-order chi connectivity index (χ0) is 14.1. The topological polar surface area (TPSA) is 53.7 Å². The molecule has 1 aromatic rings. The van der Waals surface area contributed by atoms with Gasteiger partial charge >= 0.3 is 0 Å². The molecule has 0 aromatic heterocycles. The van der Waals surface area contributed by atoms with E-state index in [9.17, 15) is 0 Å². The summed E-state index contributed by atoms with van der Waals surface area (Å²) >= 11 is 0. The third-order valence-electron chi connectivity index (χ3n) is 3.02. The van der Waals surface area contributed by atoms with E-state index in [1.807, 2.05) is 0 Å². The molecule has 19 heavy (non-hydrogen) atoms. The van der Waals surface area contributed by atoms with Crippen LogP contribution in [0.25, 0.3) is 0 Å². The fraction of sp³-hybridized carbons (Fsp3) is 0.600. The van der Waals surface area contributed by atoms with Gasteiger partial charge in [-0.05, 0) is 6.42 Å². The van der Waals surface area contributed by atoms with Crippen LogP contribution in [0.2, 0.25) is 0 Å². The predicted octanol–water partition coefficient (Wildman–Crippen LogP) is 3.64. The van der Waals surface area contributed by atoms with E-state index in [2.05, 4.69) is 6.92 Å². The van der Waals surface area contributed by atoms with Crippen molar-refractivity contribution in [2.24, 2.45) is 0 Å². The molecule has 0 spiro atoms. The number of anilines is 1. The maximum atomic E-state index is 5.92. The minimum atomic E-state index is 0.575. The number of nitrogens with two attached hydrogens (primary N) is 1. The van der Waals surface area contributed by atoms with Crippen molar-refractivity contribution in [3.8, 4) is 17.2 Å². The SMILES string of the molecule is CCCCCCCOc1cc(OC)c(OC)cc1N. The van der Waals surface area contributed by atoms with E-state index in [-0.39, 0.29) is 0 Å². The maximum absolute atomic E-state index is 5.92. The summed E-state index contributed by atoms with van der Waals surface area (Å²) in [5, 5.41) is 0. The van der Waals surface area contributed by atoms with Gasteiger partial charge in [0.25, 0.3) is 0 Å². The van der Waals surface area contributed by atoms with Gasteiger partial charge in [0.2, 0.25) is 0 Å². The number of ether oxygens (including phenoxy) is 3. The number of unbranched alkanes of at least 4 members (excludes halogenated alkanes) is 4. The first-order valence-electron chi connectivity index (χ1n) is 6.87. The summed E-state index contributed by atoms with van der Waals surface area (Å²) in [6.45, 7) is 2.89. The molecule has 0 atom stereocenters. The van der Waals surface area contributed by atoms with Crippen molar-refractivity contribution in [1.29, 1.82) is 0 Å². The van der Waals surface area contributed by atoms with Crippen molar-refractivity contribution in [2.45, 2.75) is 39.0 Å². The molecule has 4 heteroatoms. The summed E-state index contributed by atoms with van der Waals surface area (Å²) in [7, 11) is 3.19. The maximum Gasteiger partial charge on any atom is 0.164 e. The highest BCUT2D eigenvalue weighted by Crippen LogP contribution is 2.36. The van der Waals surface area contributed by atoms with Crippen LogP contribution in [0.1, 0.15) is 39.0 Å². The molecule has 0 amide bonds. The lowest BCUT2D eigenvalue weighted by Gasteiger charge is -2.13. The first-order valence-corrected chi connectivity index (χ1v) is 6.87. The molecular formula is C15H25NO3. The molecule has 0 bridgehead atoms. The second-order valence-electron chi connectivity index (χ2n) is 4.51. The van der Waals surface area contributed by atoms with Crippen LogP contribution in [0.15, 0.2) is 12.1 Å². The van der Waals surface area contributed by atoms with Crippen molar-refractivity contribution >= 4 is 5.69 Å². The molecule has 1 rings (SSSR count).